The molecule has 1 atom stereocenters. The summed E-state index contributed by atoms with van der Waals surface area (Å²) < 4.78 is 22.5. The normalized spacial score (nSPS) is 22.5. The SMILES string of the molecule is Cc1csc(CNC(=O)C2CCS(=O)(=O)C2)n1. The third-order valence-electron chi connectivity index (χ3n) is 2.68. The van der Waals surface area contributed by atoms with Crippen LogP contribution in [0, 0.1) is 12.8 Å². The zero-order valence-corrected chi connectivity index (χ0v) is 11.1. The van der Waals surface area contributed by atoms with Crippen molar-refractivity contribution in [1.29, 1.82) is 0 Å². The van der Waals surface area contributed by atoms with E-state index in [2.05, 4.69) is 10.3 Å². The number of carbonyl (C=O) groups excluding carboxylic acids is 1. The Balaban J connectivity index is 1.86. The van der Waals surface area contributed by atoms with Crippen LogP contribution in [0.4, 0.5) is 0 Å². The fourth-order valence-electron chi connectivity index (χ4n) is 1.79. The summed E-state index contributed by atoms with van der Waals surface area (Å²) in [7, 11) is -2.99. The molecule has 0 aromatic carbocycles. The molecule has 1 unspecified atom stereocenters. The van der Waals surface area contributed by atoms with Crippen LogP contribution in [-0.4, -0.2) is 30.8 Å². The monoisotopic (exact) mass is 274 g/mol. The lowest BCUT2D eigenvalue weighted by atomic mass is 10.1. The molecule has 1 amide bonds. The number of sulfone groups is 1. The van der Waals surface area contributed by atoms with Gasteiger partial charge in [-0.1, -0.05) is 0 Å². The molecular formula is C10H14N2O3S2. The number of aryl methyl sites for hydroxylation is 1. The van der Waals surface area contributed by atoms with E-state index < -0.39 is 9.84 Å². The van der Waals surface area contributed by atoms with Crippen molar-refractivity contribution >= 4 is 27.1 Å². The highest BCUT2D eigenvalue weighted by Gasteiger charge is 2.32. The molecule has 2 rings (SSSR count). The first-order valence-corrected chi connectivity index (χ1v) is 8.05. The Morgan fingerprint density at radius 3 is 2.94 bits per heavy atom. The summed E-state index contributed by atoms with van der Waals surface area (Å²) in [6, 6.07) is 0. The lowest BCUT2D eigenvalue weighted by Gasteiger charge is -2.07. The summed E-state index contributed by atoms with van der Waals surface area (Å²) in [6.45, 7) is 2.28. The largest absolute Gasteiger partial charge is 0.349 e. The Kier molecular flexibility index (Phi) is 3.48. The molecule has 0 bridgehead atoms. The standard InChI is InChI=1S/C10H14N2O3S2/c1-7-5-16-9(12-7)4-11-10(13)8-2-3-17(14,15)6-8/h5,8H,2-4,6H2,1H3,(H,11,13). The minimum absolute atomic E-state index is 0.0181. The molecule has 2 heterocycles. The highest BCUT2D eigenvalue weighted by atomic mass is 32.2. The van der Waals surface area contributed by atoms with Gasteiger partial charge in [0.05, 0.1) is 24.0 Å². The van der Waals surface area contributed by atoms with E-state index in [1.165, 1.54) is 11.3 Å². The van der Waals surface area contributed by atoms with Gasteiger partial charge in [0.15, 0.2) is 9.84 Å². The van der Waals surface area contributed by atoms with Crippen LogP contribution in [0.15, 0.2) is 5.38 Å². The topological polar surface area (TPSA) is 76.1 Å². The average Bonchev–Trinajstić information content (AvgIpc) is 2.81. The van der Waals surface area contributed by atoms with Crippen molar-refractivity contribution in [2.45, 2.75) is 19.9 Å². The molecule has 94 valence electrons. The number of hydrogen-bond donors (Lipinski definition) is 1. The zero-order valence-electron chi connectivity index (χ0n) is 9.47. The van der Waals surface area contributed by atoms with Crippen LogP contribution in [0.3, 0.4) is 0 Å². The Bertz CT molecular complexity index is 521. The van der Waals surface area contributed by atoms with Crippen molar-refractivity contribution in [3.8, 4) is 0 Å². The number of carbonyl (C=O) groups is 1. The van der Waals surface area contributed by atoms with Gasteiger partial charge >= 0.3 is 0 Å². The second-order valence-electron chi connectivity index (χ2n) is 4.20. The van der Waals surface area contributed by atoms with Crippen molar-refractivity contribution in [1.82, 2.24) is 10.3 Å². The van der Waals surface area contributed by atoms with Gasteiger partial charge in [0.1, 0.15) is 5.01 Å². The van der Waals surface area contributed by atoms with Crippen molar-refractivity contribution in [3.05, 3.63) is 16.1 Å². The number of nitrogens with zero attached hydrogens (tertiary/aromatic N) is 1. The van der Waals surface area contributed by atoms with Crippen LogP contribution in [0.5, 0.6) is 0 Å². The molecule has 0 aliphatic carbocycles. The van der Waals surface area contributed by atoms with Crippen molar-refractivity contribution in [3.63, 3.8) is 0 Å². The minimum Gasteiger partial charge on any atom is -0.349 e. The van der Waals surface area contributed by atoms with Crippen molar-refractivity contribution in [2.75, 3.05) is 11.5 Å². The predicted molar refractivity (Wildman–Crippen MR) is 65.5 cm³/mol. The summed E-state index contributed by atoms with van der Waals surface area (Å²) >= 11 is 1.49. The molecule has 1 N–H and O–H groups in total. The van der Waals surface area contributed by atoms with Gasteiger partial charge in [-0.3, -0.25) is 4.79 Å². The first-order valence-electron chi connectivity index (χ1n) is 5.35. The molecule has 1 aliphatic heterocycles. The maximum atomic E-state index is 11.7. The number of amides is 1. The molecule has 0 saturated carbocycles. The van der Waals surface area contributed by atoms with Gasteiger partial charge in [0.2, 0.25) is 5.91 Å². The van der Waals surface area contributed by atoms with Crippen molar-refractivity contribution in [2.24, 2.45) is 5.92 Å². The lowest BCUT2D eigenvalue weighted by molar-refractivity contribution is -0.124. The second-order valence-corrected chi connectivity index (χ2v) is 7.37. The van der Waals surface area contributed by atoms with E-state index >= 15 is 0 Å². The smallest absolute Gasteiger partial charge is 0.224 e. The molecular weight excluding hydrogens is 260 g/mol. The van der Waals surface area contributed by atoms with E-state index in [0.29, 0.717) is 13.0 Å². The second kappa shape index (κ2) is 4.73. The molecule has 0 radical (unpaired) electrons. The number of hydrogen-bond acceptors (Lipinski definition) is 5. The summed E-state index contributed by atoms with van der Waals surface area (Å²) in [5, 5.41) is 5.50. The predicted octanol–water partition coefficient (Wildman–Crippen LogP) is 0.502. The quantitative estimate of drug-likeness (QED) is 0.871. The molecule has 0 spiro atoms. The summed E-state index contributed by atoms with van der Waals surface area (Å²) in [4.78, 5) is 15.9. The fraction of sp³-hybridized carbons (Fsp3) is 0.600. The minimum atomic E-state index is -2.99. The van der Waals surface area contributed by atoms with Crippen LogP contribution in [-0.2, 0) is 21.2 Å². The van der Waals surface area contributed by atoms with E-state index in [1.807, 2.05) is 12.3 Å². The van der Waals surface area contributed by atoms with E-state index in [0.717, 1.165) is 10.7 Å². The third kappa shape index (κ3) is 3.26. The number of thiazole rings is 1. The molecule has 1 aliphatic rings. The fourth-order valence-corrected chi connectivity index (χ4v) is 4.25. The maximum Gasteiger partial charge on any atom is 0.224 e. The van der Waals surface area contributed by atoms with Crippen LogP contribution < -0.4 is 5.32 Å². The summed E-state index contributed by atoms with van der Waals surface area (Å²) in [5.74, 6) is -0.461. The molecule has 17 heavy (non-hydrogen) atoms. The number of rotatable bonds is 3. The van der Waals surface area contributed by atoms with E-state index in [4.69, 9.17) is 0 Å². The first kappa shape index (κ1) is 12.5. The summed E-state index contributed by atoms with van der Waals surface area (Å²) in [6.07, 6.45) is 0.436. The number of aromatic nitrogens is 1. The summed E-state index contributed by atoms with van der Waals surface area (Å²) in [5.41, 5.74) is 0.933. The van der Waals surface area contributed by atoms with Crippen LogP contribution in [0.2, 0.25) is 0 Å². The van der Waals surface area contributed by atoms with Gasteiger partial charge in [-0.05, 0) is 13.3 Å². The maximum absolute atomic E-state index is 11.7. The highest BCUT2D eigenvalue weighted by molar-refractivity contribution is 7.91. The van der Waals surface area contributed by atoms with Crippen LogP contribution >= 0.6 is 11.3 Å². The van der Waals surface area contributed by atoms with Crippen LogP contribution in [0.1, 0.15) is 17.1 Å². The Hall–Kier alpha value is -0.950. The Morgan fingerprint density at radius 1 is 1.65 bits per heavy atom. The van der Waals surface area contributed by atoms with E-state index in [-0.39, 0.29) is 23.3 Å². The Labute approximate surface area is 104 Å². The van der Waals surface area contributed by atoms with E-state index in [1.54, 1.807) is 0 Å². The van der Waals surface area contributed by atoms with Gasteiger partial charge in [-0.25, -0.2) is 13.4 Å². The Morgan fingerprint density at radius 2 is 2.41 bits per heavy atom. The molecule has 5 nitrogen and oxygen atoms in total. The molecule has 7 heteroatoms. The zero-order chi connectivity index (χ0) is 12.5. The third-order valence-corrected chi connectivity index (χ3v) is 5.42. The first-order chi connectivity index (χ1) is 7.96. The molecule has 1 saturated heterocycles. The number of nitrogens with one attached hydrogen (secondary N) is 1. The lowest BCUT2D eigenvalue weighted by Crippen LogP contribution is -2.30. The van der Waals surface area contributed by atoms with Gasteiger partial charge in [-0.15, -0.1) is 11.3 Å². The molecule has 1 fully saturated rings. The molecule has 1 aromatic heterocycles. The van der Waals surface area contributed by atoms with Gasteiger partial charge in [-0.2, -0.15) is 0 Å². The van der Waals surface area contributed by atoms with E-state index in [9.17, 15) is 13.2 Å². The highest BCUT2D eigenvalue weighted by Crippen LogP contribution is 2.18. The van der Waals surface area contributed by atoms with Gasteiger partial charge in [0.25, 0.3) is 0 Å². The molecule has 1 aromatic rings. The van der Waals surface area contributed by atoms with Crippen molar-refractivity contribution < 1.29 is 13.2 Å². The van der Waals surface area contributed by atoms with Gasteiger partial charge in [0, 0.05) is 11.1 Å². The van der Waals surface area contributed by atoms with Gasteiger partial charge < -0.3 is 5.32 Å². The van der Waals surface area contributed by atoms with Crippen LogP contribution in [0.25, 0.3) is 0 Å². The average molecular weight is 274 g/mol.